The fourth-order valence-electron chi connectivity index (χ4n) is 1.43. The van der Waals surface area contributed by atoms with E-state index in [2.05, 4.69) is 5.32 Å². The number of carbonyl (C=O) groups excluding carboxylic acids is 1. The summed E-state index contributed by atoms with van der Waals surface area (Å²) in [5.74, 6) is -1.03. The molecule has 2 N–H and O–H groups in total. The Hall–Kier alpha value is -1.30. The van der Waals surface area contributed by atoms with Gasteiger partial charge in [-0.25, -0.2) is 9.59 Å². The van der Waals surface area contributed by atoms with Crippen molar-refractivity contribution in [3.8, 4) is 0 Å². The molecule has 0 rings (SSSR count). The van der Waals surface area contributed by atoms with Crippen LogP contribution in [0.15, 0.2) is 0 Å². The molecule has 0 bridgehead atoms. The second-order valence-corrected chi connectivity index (χ2v) is 5.35. The van der Waals surface area contributed by atoms with Crippen molar-refractivity contribution in [3.05, 3.63) is 0 Å². The smallest absolute Gasteiger partial charge is 0.326 e. The summed E-state index contributed by atoms with van der Waals surface area (Å²) in [6, 6.07) is -1.29. The minimum absolute atomic E-state index is 0.381. The first-order chi connectivity index (χ1) is 8.20. The van der Waals surface area contributed by atoms with Crippen molar-refractivity contribution in [2.24, 2.45) is 5.41 Å². The number of carbonyl (C=O) groups is 2. The Kier molecular flexibility index (Phi) is 6.68. The largest absolute Gasteiger partial charge is 0.480 e. The summed E-state index contributed by atoms with van der Waals surface area (Å²) in [6.45, 7) is 6.42. The molecule has 0 spiro atoms. The number of methoxy groups -OCH3 is 1. The molecule has 0 aromatic rings. The molecule has 0 aliphatic heterocycles. The second-order valence-electron chi connectivity index (χ2n) is 5.35. The monoisotopic (exact) mass is 260 g/mol. The zero-order chi connectivity index (χ0) is 14.3. The SMILES string of the molecule is COCCCN(C)C(=O)N[C@H](C(=O)O)C(C)(C)C. The van der Waals surface area contributed by atoms with Gasteiger partial charge in [0.1, 0.15) is 6.04 Å². The van der Waals surface area contributed by atoms with E-state index in [1.165, 1.54) is 4.90 Å². The summed E-state index contributed by atoms with van der Waals surface area (Å²) >= 11 is 0. The summed E-state index contributed by atoms with van der Waals surface area (Å²) in [5, 5.41) is 11.6. The van der Waals surface area contributed by atoms with Crippen LogP contribution in [0.1, 0.15) is 27.2 Å². The van der Waals surface area contributed by atoms with E-state index in [0.29, 0.717) is 19.6 Å². The van der Waals surface area contributed by atoms with Crippen molar-refractivity contribution < 1.29 is 19.4 Å². The van der Waals surface area contributed by atoms with Gasteiger partial charge in [-0.2, -0.15) is 0 Å². The number of hydrogen-bond donors (Lipinski definition) is 2. The van der Waals surface area contributed by atoms with Gasteiger partial charge in [0.2, 0.25) is 0 Å². The van der Waals surface area contributed by atoms with E-state index in [1.807, 2.05) is 0 Å². The van der Waals surface area contributed by atoms with Crippen LogP contribution in [0.2, 0.25) is 0 Å². The number of ether oxygens (including phenoxy) is 1. The minimum atomic E-state index is -1.03. The third-order valence-electron chi connectivity index (χ3n) is 2.57. The van der Waals surface area contributed by atoms with Gasteiger partial charge in [0.05, 0.1) is 0 Å². The van der Waals surface area contributed by atoms with E-state index < -0.39 is 17.4 Å². The number of nitrogens with one attached hydrogen (secondary N) is 1. The molecule has 18 heavy (non-hydrogen) atoms. The van der Waals surface area contributed by atoms with E-state index in [-0.39, 0.29) is 6.03 Å². The molecule has 0 aromatic carbocycles. The number of nitrogens with zero attached hydrogens (tertiary/aromatic N) is 1. The molecule has 0 fully saturated rings. The summed E-state index contributed by atoms with van der Waals surface area (Å²) in [5.41, 5.74) is -0.533. The molecule has 0 unspecified atom stereocenters. The maximum absolute atomic E-state index is 11.8. The standard InChI is InChI=1S/C12H24N2O4/c1-12(2,3)9(10(15)16)13-11(17)14(4)7-6-8-18-5/h9H,6-8H2,1-5H3,(H,13,17)(H,15,16)/t9-/m1/s1. The lowest BCUT2D eigenvalue weighted by Gasteiger charge is -2.29. The van der Waals surface area contributed by atoms with Gasteiger partial charge in [-0.3, -0.25) is 0 Å². The number of carboxylic acids is 1. The van der Waals surface area contributed by atoms with Gasteiger partial charge < -0.3 is 20.1 Å². The lowest BCUT2D eigenvalue weighted by atomic mass is 9.87. The van der Waals surface area contributed by atoms with E-state index in [1.54, 1.807) is 34.9 Å². The third kappa shape index (κ3) is 5.86. The molecular formula is C12H24N2O4. The first kappa shape index (κ1) is 16.7. The van der Waals surface area contributed by atoms with E-state index in [0.717, 1.165) is 0 Å². The van der Waals surface area contributed by atoms with Crippen molar-refractivity contribution >= 4 is 12.0 Å². The van der Waals surface area contributed by atoms with Crippen LogP contribution < -0.4 is 5.32 Å². The molecule has 0 aliphatic rings. The van der Waals surface area contributed by atoms with Gasteiger partial charge in [0, 0.05) is 27.3 Å². The van der Waals surface area contributed by atoms with Crippen LogP contribution in [0, 0.1) is 5.41 Å². The molecule has 0 aromatic heterocycles. The summed E-state index contributed by atoms with van der Waals surface area (Å²) < 4.78 is 4.89. The van der Waals surface area contributed by atoms with Crippen LogP contribution in [0.5, 0.6) is 0 Å². The van der Waals surface area contributed by atoms with Crippen LogP contribution in [0.25, 0.3) is 0 Å². The van der Waals surface area contributed by atoms with Crippen molar-refractivity contribution in [3.63, 3.8) is 0 Å². The Morgan fingerprint density at radius 1 is 1.39 bits per heavy atom. The Morgan fingerprint density at radius 3 is 2.33 bits per heavy atom. The molecule has 106 valence electrons. The van der Waals surface area contributed by atoms with Gasteiger partial charge in [0.15, 0.2) is 0 Å². The number of amides is 2. The van der Waals surface area contributed by atoms with Gasteiger partial charge in [-0.15, -0.1) is 0 Å². The van der Waals surface area contributed by atoms with Crippen LogP contribution in [0.3, 0.4) is 0 Å². The predicted octanol–water partition coefficient (Wildman–Crippen LogP) is 1.16. The predicted molar refractivity (Wildman–Crippen MR) is 68.5 cm³/mol. The van der Waals surface area contributed by atoms with E-state index >= 15 is 0 Å². The van der Waals surface area contributed by atoms with Gasteiger partial charge >= 0.3 is 12.0 Å². The Bertz CT molecular complexity index is 286. The van der Waals surface area contributed by atoms with Crippen molar-refractivity contribution in [1.82, 2.24) is 10.2 Å². The molecule has 0 heterocycles. The van der Waals surface area contributed by atoms with Crippen molar-refractivity contribution in [2.45, 2.75) is 33.2 Å². The van der Waals surface area contributed by atoms with Crippen LogP contribution in [0.4, 0.5) is 4.79 Å². The van der Waals surface area contributed by atoms with E-state index in [9.17, 15) is 9.59 Å². The van der Waals surface area contributed by atoms with Gasteiger partial charge in [-0.05, 0) is 11.8 Å². The molecule has 6 heteroatoms. The normalized spacial score (nSPS) is 12.9. The zero-order valence-electron chi connectivity index (χ0n) is 11.8. The first-order valence-corrected chi connectivity index (χ1v) is 5.93. The topological polar surface area (TPSA) is 78.9 Å². The number of carboxylic acid groups (broad SMARTS) is 1. The zero-order valence-corrected chi connectivity index (χ0v) is 11.8. The molecule has 1 atom stereocenters. The highest BCUT2D eigenvalue weighted by molar-refractivity contribution is 5.83. The number of urea groups is 1. The molecule has 2 amide bonds. The Labute approximate surface area is 108 Å². The van der Waals surface area contributed by atoms with Crippen LogP contribution in [-0.2, 0) is 9.53 Å². The minimum Gasteiger partial charge on any atom is -0.480 e. The average Bonchev–Trinajstić information content (AvgIpc) is 2.23. The number of rotatable bonds is 6. The van der Waals surface area contributed by atoms with Crippen molar-refractivity contribution in [1.29, 1.82) is 0 Å². The quantitative estimate of drug-likeness (QED) is 0.702. The van der Waals surface area contributed by atoms with Gasteiger partial charge in [0.25, 0.3) is 0 Å². The average molecular weight is 260 g/mol. The Balaban J connectivity index is 4.38. The highest BCUT2D eigenvalue weighted by atomic mass is 16.5. The van der Waals surface area contributed by atoms with Crippen molar-refractivity contribution in [2.75, 3.05) is 27.3 Å². The Morgan fingerprint density at radius 2 is 1.94 bits per heavy atom. The lowest BCUT2D eigenvalue weighted by Crippen LogP contribution is -2.52. The summed E-state index contributed by atoms with van der Waals surface area (Å²) in [6.07, 6.45) is 0.716. The van der Waals surface area contributed by atoms with E-state index in [4.69, 9.17) is 9.84 Å². The maximum Gasteiger partial charge on any atom is 0.326 e. The highest BCUT2D eigenvalue weighted by Crippen LogP contribution is 2.19. The lowest BCUT2D eigenvalue weighted by molar-refractivity contribution is -0.142. The maximum atomic E-state index is 11.8. The third-order valence-corrected chi connectivity index (χ3v) is 2.57. The highest BCUT2D eigenvalue weighted by Gasteiger charge is 2.33. The molecular weight excluding hydrogens is 236 g/mol. The molecule has 0 radical (unpaired) electrons. The number of hydrogen-bond acceptors (Lipinski definition) is 3. The molecule has 0 saturated heterocycles. The second kappa shape index (κ2) is 7.20. The summed E-state index contributed by atoms with van der Waals surface area (Å²) in [4.78, 5) is 24.4. The summed E-state index contributed by atoms with van der Waals surface area (Å²) in [7, 11) is 3.23. The molecule has 0 aliphatic carbocycles. The van der Waals surface area contributed by atoms with Gasteiger partial charge in [-0.1, -0.05) is 20.8 Å². The molecule has 6 nitrogen and oxygen atoms in total. The fraction of sp³-hybridized carbons (Fsp3) is 0.833. The number of aliphatic carboxylic acids is 1. The molecule has 0 saturated carbocycles. The fourth-order valence-corrected chi connectivity index (χ4v) is 1.43. The van der Waals surface area contributed by atoms with Crippen LogP contribution >= 0.6 is 0 Å². The van der Waals surface area contributed by atoms with Crippen LogP contribution in [-0.4, -0.2) is 55.4 Å². The first-order valence-electron chi connectivity index (χ1n) is 5.93.